The average molecular weight is 313 g/mol. The molecular formula is C14H17ClN2O2S. The van der Waals surface area contributed by atoms with E-state index in [2.05, 4.69) is 10.6 Å². The number of aliphatic hydroxyl groups excluding tert-OH is 1. The maximum absolute atomic E-state index is 12.2. The quantitative estimate of drug-likeness (QED) is 0.807. The van der Waals surface area contributed by atoms with Crippen LogP contribution in [-0.4, -0.2) is 36.8 Å². The van der Waals surface area contributed by atoms with Gasteiger partial charge >= 0.3 is 0 Å². The van der Waals surface area contributed by atoms with Gasteiger partial charge in [0.15, 0.2) is 0 Å². The third kappa shape index (κ3) is 2.96. The van der Waals surface area contributed by atoms with E-state index in [-0.39, 0.29) is 30.3 Å². The van der Waals surface area contributed by atoms with Gasteiger partial charge in [-0.05, 0) is 6.07 Å². The van der Waals surface area contributed by atoms with Gasteiger partial charge in [-0.2, -0.15) is 0 Å². The number of carbonyl (C=O) groups is 1. The van der Waals surface area contributed by atoms with Crippen LogP contribution in [0.25, 0.3) is 10.1 Å². The zero-order chi connectivity index (χ0) is 13.2. The Bertz CT molecular complexity index is 602. The summed E-state index contributed by atoms with van der Waals surface area (Å²) in [5.41, 5.74) is 0.723. The highest BCUT2D eigenvalue weighted by molar-refractivity contribution is 7.17. The predicted molar refractivity (Wildman–Crippen MR) is 83.8 cm³/mol. The minimum atomic E-state index is -0.362. The number of hydrogen-bond donors (Lipinski definition) is 3. The fourth-order valence-corrected chi connectivity index (χ4v) is 3.34. The first-order valence-corrected chi connectivity index (χ1v) is 7.27. The highest BCUT2D eigenvalue weighted by Crippen LogP contribution is 2.25. The van der Waals surface area contributed by atoms with Gasteiger partial charge in [0.2, 0.25) is 0 Å². The molecule has 6 heteroatoms. The Labute approximate surface area is 127 Å². The molecule has 1 aromatic carbocycles. The van der Waals surface area contributed by atoms with E-state index < -0.39 is 0 Å². The van der Waals surface area contributed by atoms with Crippen LogP contribution >= 0.6 is 23.7 Å². The topological polar surface area (TPSA) is 61.4 Å². The van der Waals surface area contributed by atoms with Crippen molar-refractivity contribution in [3.05, 3.63) is 35.2 Å². The Hall–Kier alpha value is -1.14. The van der Waals surface area contributed by atoms with Crippen molar-refractivity contribution >= 4 is 39.7 Å². The summed E-state index contributed by atoms with van der Waals surface area (Å²) in [4.78, 5) is 12.2. The molecule has 3 rings (SSSR count). The molecule has 20 heavy (non-hydrogen) atoms. The first-order valence-electron chi connectivity index (χ1n) is 6.39. The van der Waals surface area contributed by atoms with Gasteiger partial charge in [-0.15, -0.1) is 23.7 Å². The highest BCUT2D eigenvalue weighted by atomic mass is 35.5. The summed E-state index contributed by atoms with van der Waals surface area (Å²) in [6.45, 7) is 1.88. The molecule has 1 aliphatic heterocycles. The van der Waals surface area contributed by atoms with Crippen LogP contribution in [0.15, 0.2) is 29.6 Å². The fourth-order valence-electron chi connectivity index (χ4n) is 2.40. The molecule has 1 aromatic heterocycles. The number of carbonyl (C=O) groups excluding carboxylic acids is 1. The lowest BCUT2D eigenvalue weighted by Crippen LogP contribution is -2.34. The van der Waals surface area contributed by atoms with Crippen molar-refractivity contribution in [1.29, 1.82) is 0 Å². The first kappa shape index (κ1) is 15.3. The van der Waals surface area contributed by atoms with Gasteiger partial charge in [-0.25, -0.2) is 0 Å². The van der Waals surface area contributed by atoms with E-state index in [1.54, 1.807) is 11.3 Å². The largest absolute Gasteiger partial charge is 0.391 e. The van der Waals surface area contributed by atoms with Crippen LogP contribution in [0, 0.1) is 5.92 Å². The maximum atomic E-state index is 12.2. The van der Waals surface area contributed by atoms with Gasteiger partial charge in [-0.3, -0.25) is 4.79 Å². The summed E-state index contributed by atoms with van der Waals surface area (Å²) in [6, 6.07) is 7.89. The third-order valence-electron chi connectivity index (χ3n) is 3.55. The van der Waals surface area contributed by atoms with Gasteiger partial charge in [0.05, 0.1) is 11.7 Å². The Morgan fingerprint density at radius 2 is 2.20 bits per heavy atom. The second-order valence-electron chi connectivity index (χ2n) is 4.84. The van der Waals surface area contributed by atoms with E-state index in [1.165, 1.54) is 0 Å². The van der Waals surface area contributed by atoms with E-state index in [0.717, 1.165) is 22.2 Å². The normalized spacial score (nSPS) is 21.6. The number of hydrogen-bond acceptors (Lipinski definition) is 4. The molecule has 2 aromatic rings. The molecule has 0 aliphatic carbocycles. The summed E-state index contributed by atoms with van der Waals surface area (Å²) in [7, 11) is 0. The van der Waals surface area contributed by atoms with Gasteiger partial charge in [0.25, 0.3) is 5.91 Å². The highest BCUT2D eigenvalue weighted by Gasteiger charge is 2.25. The number of amides is 1. The molecule has 1 aliphatic rings. The van der Waals surface area contributed by atoms with Gasteiger partial charge in [0.1, 0.15) is 0 Å². The smallest absolute Gasteiger partial charge is 0.252 e. The number of nitrogens with one attached hydrogen (secondary N) is 2. The summed E-state index contributed by atoms with van der Waals surface area (Å²) < 4.78 is 1.12. The Kier molecular flexibility index (Phi) is 4.99. The number of benzene rings is 1. The fraction of sp³-hybridized carbons (Fsp3) is 0.357. The van der Waals surface area contributed by atoms with E-state index in [9.17, 15) is 9.90 Å². The summed E-state index contributed by atoms with van der Waals surface area (Å²) in [6.07, 6.45) is -0.362. The molecule has 2 heterocycles. The zero-order valence-corrected chi connectivity index (χ0v) is 12.5. The van der Waals surface area contributed by atoms with Crippen LogP contribution in [0.3, 0.4) is 0 Å². The molecular weight excluding hydrogens is 296 g/mol. The van der Waals surface area contributed by atoms with Crippen molar-refractivity contribution in [3.8, 4) is 0 Å². The Balaban J connectivity index is 0.00000147. The standard InChI is InChI=1S/C14H16N2O2S.ClH/c17-12-7-15-5-9(12)6-16-14(18)11-8-19-13-4-2-1-3-10(11)13;/h1-4,8-9,12,15,17H,5-7H2,(H,16,18);1H. The molecule has 2 atom stereocenters. The molecule has 0 spiro atoms. The predicted octanol–water partition coefficient (Wildman–Crippen LogP) is 1.63. The lowest BCUT2D eigenvalue weighted by Gasteiger charge is -2.13. The van der Waals surface area contributed by atoms with E-state index in [1.807, 2.05) is 29.6 Å². The van der Waals surface area contributed by atoms with Crippen LogP contribution in [0.1, 0.15) is 10.4 Å². The van der Waals surface area contributed by atoms with Gasteiger partial charge < -0.3 is 15.7 Å². The lowest BCUT2D eigenvalue weighted by atomic mass is 10.1. The van der Waals surface area contributed by atoms with Crippen LogP contribution in [0.2, 0.25) is 0 Å². The van der Waals surface area contributed by atoms with Crippen molar-refractivity contribution in [1.82, 2.24) is 10.6 Å². The van der Waals surface area contributed by atoms with E-state index >= 15 is 0 Å². The van der Waals surface area contributed by atoms with Crippen molar-refractivity contribution in [2.24, 2.45) is 5.92 Å². The molecule has 0 saturated carbocycles. The maximum Gasteiger partial charge on any atom is 0.252 e. The molecule has 2 unspecified atom stereocenters. The summed E-state index contributed by atoms with van der Waals surface area (Å²) >= 11 is 1.58. The number of rotatable bonds is 3. The van der Waals surface area contributed by atoms with Crippen LogP contribution in [0.5, 0.6) is 0 Å². The van der Waals surface area contributed by atoms with E-state index in [0.29, 0.717) is 13.1 Å². The average Bonchev–Trinajstić information content (AvgIpc) is 3.02. The molecule has 3 N–H and O–H groups in total. The molecule has 1 saturated heterocycles. The van der Waals surface area contributed by atoms with Gasteiger partial charge in [-0.1, -0.05) is 18.2 Å². The third-order valence-corrected chi connectivity index (χ3v) is 4.52. The molecule has 1 amide bonds. The minimum absolute atomic E-state index is 0. The Morgan fingerprint density at radius 1 is 1.40 bits per heavy atom. The van der Waals surface area contributed by atoms with Gasteiger partial charge in [0, 0.05) is 41.0 Å². The Morgan fingerprint density at radius 3 is 2.95 bits per heavy atom. The summed E-state index contributed by atoms with van der Waals surface area (Å²) in [5, 5.41) is 18.6. The molecule has 108 valence electrons. The SMILES string of the molecule is Cl.O=C(NCC1CNCC1O)c1csc2ccccc12. The monoisotopic (exact) mass is 312 g/mol. The van der Waals surface area contributed by atoms with Crippen LogP contribution < -0.4 is 10.6 Å². The molecule has 0 radical (unpaired) electrons. The second-order valence-corrected chi connectivity index (χ2v) is 5.75. The minimum Gasteiger partial charge on any atom is -0.391 e. The number of thiophene rings is 1. The number of aliphatic hydroxyl groups is 1. The van der Waals surface area contributed by atoms with Crippen molar-refractivity contribution in [2.75, 3.05) is 19.6 Å². The zero-order valence-electron chi connectivity index (χ0n) is 10.8. The van der Waals surface area contributed by atoms with Crippen LogP contribution in [0.4, 0.5) is 0 Å². The second kappa shape index (κ2) is 6.54. The van der Waals surface area contributed by atoms with Crippen molar-refractivity contribution < 1.29 is 9.90 Å². The molecule has 1 fully saturated rings. The number of halogens is 1. The van der Waals surface area contributed by atoms with Crippen molar-refractivity contribution in [3.63, 3.8) is 0 Å². The number of fused-ring (bicyclic) bond motifs is 1. The van der Waals surface area contributed by atoms with Crippen molar-refractivity contribution in [2.45, 2.75) is 6.10 Å². The van der Waals surface area contributed by atoms with E-state index in [4.69, 9.17) is 0 Å². The molecule has 4 nitrogen and oxygen atoms in total. The summed E-state index contributed by atoms with van der Waals surface area (Å²) in [5.74, 6) is 0.0467. The van der Waals surface area contributed by atoms with Crippen LogP contribution in [-0.2, 0) is 0 Å². The first-order chi connectivity index (χ1) is 9.25. The molecule has 0 bridgehead atoms. The number of β-amino-alcohol motifs (C(OH)–C–C–N with tert-alkyl or cyclic N) is 1. The lowest BCUT2D eigenvalue weighted by molar-refractivity contribution is 0.0929.